The van der Waals surface area contributed by atoms with E-state index in [-0.39, 0.29) is 0 Å². The van der Waals surface area contributed by atoms with E-state index >= 15 is 0 Å². The molecule has 0 aliphatic rings. The molecule has 2 heterocycles. The first-order valence-corrected chi connectivity index (χ1v) is 7.77. The van der Waals surface area contributed by atoms with Gasteiger partial charge >= 0.3 is 31.1 Å². The largest absolute Gasteiger partial charge is 0.218 e. The van der Waals surface area contributed by atoms with Crippen LogP contribution in [0.2, 0.25) is 0 Å². The van der Waals surface area contributed by atoms with E-state index in [0.717, 1.165) is 0 Å². The van der Waals surface area contributed by atoms with E-state index in [2.05, 4.69) is 9.97 Å². The average molecular weight is 320 g/mol. The van der Waals surface area contributed by atoms with Crippen molar-refractivity contribution in [1.29, 1.82) is 0 Å². The summed E-state index contributed by atoms with van der Waals surface area (Å²) in [7, 11) is 0. The summed E-state index contributed by atoms with van der Waals surface area (Å²) in [6.07, 6.45) is 7.50. The maximum atomic E-state index is 8.63. The van der Waals surface area contributed by atoms with Gasteiger partial charge in [-0.1, -0.05) is 12.1 Å². The molecular weight excluding hydrogens is 308 g/mol. The molecule has 0 bridgehead atoms. The second-order valence-corrected chi connectivity index (χ2v) is 4.57. The molecule has 7 heteroatoms. The van der Waals surface area contributed by atoms with Crippen LogP contribution in [0.5, 0.6) is 0 Å². The van der Waals surface area contributed by atoms with Crippen LogP contribution < -0.4 is 17.5 Å². The summed E-state index contributed by atoms with van der Waals surface area (Å²) >= 11 is -6.02. The Morgan fingerprint density at radius 2 is 0.882 bits per heavy atom. The maximum Gasteiger partial charge on any atom is 0.166 e. The number of nitrogens with one attached hydrogen (secondary N) is 2. The Hall–Kier alpha value is -1.49. The van der Waals surface area contributed by atoms with Crippen molar-refractivity contribution in [2.45, 2.75) is 0 Å². The van der Waals surface area contributed by atoms with Gasteiger partial charge in [0, 0.05) is 24.3 Å². The number of aromatic amines is 2. The summed E-state index contributed by atoms with van der Waals surface area (Å²) in [4.78, 5) is 5.78. The van der Waals surface area contributed by atoms with Crippen molar-refractivity contribution in [3.8, 4) is 0 Å². The minimum atomic E-state index is -6.02. The zero-order valence-corrected chi connectivity index (χ0v) is 10.8. The first-order chi connectivity index (χ1) is 8.00. The van der Waals surface area contributed by atoms with Gasteiger partial charge in [-0.3, -0.25) is 0 Å². The van der Waals surface area contributed by atoms with Gasteiger partial charge in [0.2, 0.25) is 0 Å². The van der Waals surface area contributed by atoms with E-state index in [1.165, 1.54) is 0 Å². The summed E-state index contributed by atoms with van der Waals surface area (Å²) in [5.74, 6) is 0. The Balaban J connectivity index is 0.000000228. The zero-order valence-electron chi connectivity index (χ0n) is 8.81. The summed E-state index contributed by atoms with van der Waals surface area (Å²) < 4.78 is 34.5. The Bertz CT molecular complexity index is 369. The maximum absolute atomic E-state index is 8.63. The Kier molecular flexibility index (Phi) is 8.86. The minimum Gasteiger partial charge on any atom is -0.218 e. The van der Waals surface area contributed by atoms with Gasteiger partial charge < -0.3 is 0 Å². The van der Waals surface area contributed by atoms with E-state index in [9.17, 15) is 0 Å². The SMILES string of the molecule is [O]=[Mo](=[O])([O-])[O-].c1cc[nH+]cc1.c1cc[nH+]cc1. The molecule has 17 heavy (non-hydrogen) atoms. The monoisotopic (exact) mass is 322 g/mol. The molecule has 0 radical (unpaired) electrons. The third-order valence-corrected chi connectivity index (χ3v) is 1.21. The standard InChI is InChI=1S/2C5H5N.Mo.4O/c2*1-2-4-6-5-3-1;;;;;/h2*1-5H;;;;;/q;;;;;2*-1/p+2. The molecule has 0 aliphatic carbocycles. The number of aromatic nitrogens is 2. The molecule has 0 amide bonds. The minimum absolute atomic E-state index is 1.88. The molecule has 2 aromatic heterocycles. The average Bonchev–Trinajstić information content (AvgIpc) is 2.32. The molecular formula is C10H12MoN2O4. The summed E-state index contributed by atoms with van der Waals surface area (Å²) in [5, 5.41) is 0. The van der Waals surface area contributed by atoms with E-state index in [0.29, 0.717) is 0 Å². The molecule has 2 aromatic rings. The number of hydrogen-bond donors (Lipinski definition) is 0. The van der Waals surface area contributed by atoms with Gasteiger partial charge in [-0.2, -0.15) is 0 Å². The van der Waals surface area contributed by atoms with Crippen molar-refractivity contribution >= 4 is 0 Å². The van der Waals surface area contributed by atoms with Crippen molar-refractivity contribution in [3.63, 3.8) is 0 Å². The van der Waals surface area contributed by atoms with Crippen LogP contribution in [0.1, 0.15) is 0 Å². The first-order valence-electron chi connectivity index (χ1n) is 4.49. The van der Waals surface area contributed by atoms with E-state index < -0.39 is 16.7 Å². The van der Waals surface area contributed by atoms with Crippen LogP contribution in [0.15, 0.2) is 61.2 Å². The van der Waals surface area contributed by atoms with Gasteiger partial charge in [-0.15, -0.1) is 0 Å². The van der Waals surface area contributed by atoms with Gasteiger partial charge in [-0.25, -0.2) is 9.97 Å². The van der Waals surface area contributed by atoms with Gasteiger partial charge in [0.1, 0.15) is 0 Å². The van der Waals surface area contributed by atoms with Crippen LogP contribution in [0.25, 0.3) is 0 Å². The Labute approximate surface area is 102 Å². The van der Waals surface area contributed by atoms with Crippen LogP contribution >= 0.6 is 0 Å². The second kappa shape index (κ2) is 9.71. The van der Waals surface area contributed by atoms with E-state index in [1.807, 2.05) is 61.2 Å². The molecule has 0 saturated heterocycles. The van der Waals surface area contributed by atoms with Crippen LogP contribution in [-0.2, 0) is 23.5 Å². The fourth-order valence-electron chi connectivity index (χ4n) is 0.684. The summed E-state index contributed by atoms with van der Waals surface area (Å²) in [6, 6.07) is 11.7. The fraction of sp³-hybridized carbons (Fsp3) is 0. The van der Waals surface area contributed by atoms with E-state index in [4.69, 9.17) is 14.3 Å². The van der Waals surface area contributed by atoms with Crippen LogP contribution in [-0.4, -0.2) is 0 Å². The Morgan fingerprint density at radius 3 is 0.941 bits per heavy atom. The van der Waals surface area contributed by atoms with Crippen LogP contribution in [0.4, 0.5) is 0 Å². The van der Waals surface area contributed by atoms with Gasteiger partial charge in [0.05, 0.1) is 0 Å². The number of hydrogen-bond acceptors (Lipinski definition) is 4. The molecule has 92 valence electrons. The summed E-state index contributed by atoms with van der Waals surface area (Å²) in [5.41, 5.74) is 0. The second-order valence-electron chi connectivity index (χ2n) is 2.56. The quantitative estimate of drug-likeness (QED) is 0.544. The molecule has 0 fully saturated rings. The third-order valence-electron chi connectivity index (χ3n) is 1.21. The predicted octanol–water partition coefficient (Wildman–Crippen LogP) is -1.62. The molecule has 0 spiro atoms. The van der Waals surface area contributed by atoms with Crippen molar-refractivity contribution in [2.24, 2.45) is 0 Å². The van der Waals surface area contributed by atoms with Gasteiger partial charge in [0.25, 0.3) is 0 Å². The molecule has 0 aliphatic heterocycles. The molecule has 6 nitrogen and oxygen atoms in total. The normalized spacial score (nSPS) is 9.06. The predicted molar refractivity (Wildman–Crippen MR) is 47.4 cm³/mol. The molecule has 2 rings (SSSR count). The molecule has 0 saturated carbocycles. The van der Waals surface area contributed by atoms with E-state index in [1.54, 1.807) is 0 Å². The molecule has 2 N–H and O–H groups in total. The number of pyridine rings is 2. The third kappa shape index (κ3) is 20.6. The van der Waals surface area contributed by atoms with Crippen molar-refractivity contribution in [2.75, 3.05) is 0 Å². The first kappa shape index (κ1) is 15.5. The van der Waals surface area contributed by atoms with Crippen LogP contribution in [0.3, 0.4) is 0 Å². The number of rotatable bonds is 0. The Morgan fingerprint density at radius 1 is 0.647 bits per heavy atom. The molecule has 0 aromatic carbocycles. The fourth-order valence-corrected chi connectivity index (χ4v) is 0.684. The zero-order chi connectivity index (χ0) is 13.0. The van der Waals surface area contributed by atoms with Crippen LogP contribution in [0, 0.1) is 0 Å². The smallest absolute Gasteiger partial charge is 0.166 e. The van der Waals surface area contributed by atoms with Crippen molar-refractivity contribution in [1.82, 2.24) is 0 Å². The summed E-state index contributed by atoms with van der Waals surface area (Å²) in [6.45, 7) is 0. The molecule has 0 unspecified atom stereocenters. The van der Waals surface area contributed by atoms with Gasteiger partial charge in [-0.05, 0) is 0 Å². The number of H-pyrrole nitrogens is 2. The van der Waals surface area contributed by atoms with Gasteiger partial charge in [0.15, 0.2) is 24.8 Å². The molecule has 0 atom stereocenters. The topological polar surface area (TPSA) is 109 Å². The van der Waals surface area contributed by atoms with Crippen molar-refractivity contribution in [3.05, 3.63) is 61.2 Å². The van der Waals surface area contributed by atoms with Crippen molar-refractivity contribution < 1.29 is 41.0 Å².